The fourth-order valence-corrected chi connectivity index (χ4v) is 1.60. The first kappa shape index (κ1) is 13.1. The normalized spacial score (nSPS) is 15.0. The fraction of sp³-hybridized carbons (Fsp3) is 0.818. The van der Waals surface area contributed by atoms with E-state index in [1.165, 1.54) is 0 Å². The number of nitrogens with zero attached hydrogens (tertiary/aromatic N) is 3. The van der Waals surface area contributed by atoms with Crippen LogP contribution in [-0.4, -0.2) is 40.6 Å². The number of aromatic nitrogens is 3. The van der Waals surface area contributed by atoms with Crippen molar-refractivity contribution in [2.75, 3.05) is 13.7 Å². The van der Waals surface area contributed by atoms with E-state index in [9.17, 15) is 0 Å². The first-order valence-corrected chi connectivity index (χ1v) is 5.78. The molecule has 1 rings (SSSR count). The summed E-state index contributed by atoms with van der Waals surface area (Å²) in [6, 6.07) is 0.285. The van der Waals surface area contributed by atoms with Crippen molar-refractivity contribution in [1.29, 1.82) is 0 Å². The molecular weight excluding hydrogens is 204 g/mol. The van der Waals surface area contributed by atoms with Crippen molar-refractivity contribution in [2.45, 2.75) is 38.8 Å². The van der Waals surface area contributed by atoms with Crippen molar-refractivity contribution >= 4 is 0 Å². The van der Waals surface area contributed by atoms with Gasteiger partial charge in [0.25, 0.3) is 0 Å². The van der Waals surface area contributed by atoms with E-state index in [0.29, 0.717) is 0 Å². The molecule has 0 saturated heterocycles. The summed E-state index contributed by atoms with van der Waals surface area (Å²) in [6.07, 6.45) is 3.71. The van der Waals surface area contributed by atoms with Crippen LogP contribution in [0.4, 0.5) is 0 Å². The molecule has 5 heteroatoms. The molecule has 1 aromatic rings. The SMILES string of the molecule is CCCNC(Cc1ncnn1C)C(C)OC. The van der Waals surface area contributed by atoms with Gasteiger partial charge in [-0.2, -0.15) is 5.10 Å². The fourth-order valence-electron chi connectivity index (χ4n) is 1.60. The van der Waals surface area contributed by atoms with Crippen LogP contribution in [0.15, 0.2) is 6.33 Å². The zero-order chi connectivity index (χ0) is 12.0. The molecule has 0 spiro atoms. The number of hydrogen-bond acceptors (Lipinski definition) is 4. The van der Waals surface area contributed by atoms with Gasteiger partial charge in [0.1, 0.15) is 12.2 Å². The summed E-state index contributed by atoms with van der Waals surface area (Å²) >= 11 is 0. The highest BCUT2D eigenvalue weighted by molar-refractivity contribution is 4.91. The summed E-state index contributed by atoms with van der Waals surface area (Å²) in [7, 11) is 3.65. The van der Waals surface area contributed by atoms with Gasteiger partial charge in [0.2, 0.25) is 0 Å². The highest BCUT2D eigenvalue weighted by Crippen LogP contribution is 2.05. The van der Waals surface area contributed by atoms with Crippen molar-refractivity contribution in [2.24, 2.45) is 7.05 Å². The first-order chi connectivity index (χ1) is 7.69. The minimum atomic E-state index is 0.170. The van der Waals surface area contributed by atoms with Gasteiger partial charge < -0.3 is 10.1 Å². The smallest absolute Gasteiger partial charge is 0.138 e. The average molecular weight is 226 g/mol. The molecule has 1 N–H and O–H groups in total. The van der Waals surface area contributed by atoms with Crippen molar-refractivity contribution < 1.29 is 4.74 Å². The van der Waals surface area contributed by atoms with Gasteiger partial charge >= 0.3 is 0 Å². The lowest BCUT2D eigenvalue weighted by Crippen LogP contribution is -2.42. The van der Waals surface area contributed by atoms with E-state index >= 15 is 0 Å². The van der Waals surface area contributed by atoms with Gasteiger partial charge in [-0.3, -0.25) is 4.68 Å². The minimum absolute atomic E-state index is 0.170. The van der Waals surface area contributed by atoms with Crippen molar-refractivity contribution in [3.8, 4) is 0 Å². The molecule has 92 valence electrons. The number of aryl methyl sites for hydroxylation is 1. The van der Waals surface area contributed by atoms with Crippen LogP contribution in [0, 0.1) is 0 Å². The largest absolute Gasteiger partial charge is 0.380 e. The number of rotatable bonds is 7. The third-order valence-electron chi connectivity index (χ3n) is 2.80. The lowest BCUT2D eigenvalue weighted by atomic mass is 10.1. The molecule has 2 atom stereocenters. The molecule has 5 nitrogen and oxygen atoms in total. The molecule has 0 saturated carbocycles. The molecular formula is C11H22N4O. The maximum absolute atomic E-state index is 5.38. The number of ether oxygens (including phenoxy) is 1. The summed E-state index contributed by atoms with van der Waals surface area (Å²) in [5.74, 6) is 0.984. The summed E-state index contributed by atoms with van der Waals surface area (Å²) in [5, 5.41) is 7.55. The Morgan fingerprint density at radius 2 is 2.31 bits per heavy atom. The summed E-state index contributed by atoms with van der Waals surface area (Å²) in [5.41, 5.74) is 0. The van der Waals surface area contributed by atoms with E-state index in [2.05, 4.69) is 29.2 Å². The van der Waals surface area contributed by atoms with Crippen molar-refractivity contribution in [3.63, 3.8) is 0 Å². The summed E-state index contributed by atoms with van der Waals surface area (Å²) < 4.78 is 7.19. The predicted octanol–water partition coefficient (Wildman–Crippen LogP) is 0.761. The Bertz CT molecular complexity index is 300. The van der Waals surface area contributed by atoms with Crippen LogP contribution >= 0.6 is 0 Å². The maximum Gasteiger partial charge on any atom is 0.138 e. The van der Waals surface area contributed by atoms with Gasteiger partial charge in [-0.05, 0) is 19.9 Å². The second-order valence-corrected chi connectivity index (χ2v) is 4.01. The Labute approximate surface area is 97.2 Å². The van der Waals surface area contributed by atoms with Gasteiger partial charge in [0.15, 0.2) is 0 Å². The van der Waals surface area contributed by atoms with E-state index in [0.717, 1.165) is 25.2 Å². The van der Waals surface area contributed by atoms with E-state index < -0.39 is 0 Å². The monoisotopic (exact) mass is 226 g/mol. The molecule has 0 fully saturated rings. The van der Waals surface area contributed by atoms with Gasteiger partial charge in [-0.15, -0.1) is 0 Å². The quantitative estimate of drug-likeness (QED) is 0.746. The first-order valence-electron chi connectivity index (χ1n) is 5.78. The number of hydrogen-bond donors (Lipinski definition) is 1. The van der Waals surface area contributed by atoms with Crippen molar-refractivity contribution in [1.82, 2.24) is 20.1 Å². The van der Waals surface area contributed by atoms with Crippen LogP contribution in [0.3, 0.4) is 0 Å². The summed E-state index contributed by atoms with van der Waals surface area (Å²) in [6.45, 7) is 5.23. The lowest BCUT2D eigenvalue weighted by Gasteiger charge is -2.23. The van der Waals surface area contributed by atoms with Gasteiger partial charge in [-0.1, -0.05) is 6.92 Å². The Balaban J connectivity index is 2.59. The molecule has 1 heterocycles. The lowest BCUT2D eigenvalue weighted by molar-refractivity contribution is 0.0821. The topological polar surface area (TPSA) is 52.0 Å². The minimum Gasteiger partial charge on any atom is -0.380 e. The molecule has 0 aromatic carbocycles. The molecule has 2 unspecified atom stereocenters. The zero-order valence-corrected chi connectivity index (χ0v) is 10.6. The van der Waals surface area contributed by atoms with Crippen LogP contribution < -0.4 is 5.32 Å². The Morgan fingerprint density at radius 1 is 1.56 bits per heavy atom. The molecule has 0 radical (unpaired) electrons. The third-order valence-corrected chi connectivity index (χ3v) is 2.80. The zero-order valence-electron chi connectivity index (χ0n) is 10.6. The standard InChI is InChI=1S/C11H22N4O/c1-5-6-12-10(9(2)16-4)7-11-13-8-14-15(11)3/h8-10,12H,5-7H2,1-4H3. The molecule has 0 aliphatic rings. The van der Waals surface area contributed by atoms with E-state index in [4.69, 9.17) is 4.74 Å². The van der Waals surface area contributed by atoms with Crippen LogP contribution in [0.25, 0.3) is 0 Å². The third kappa shape index (κ3) is 3.57. The van der Waals surface area contributed by atoms with Gasteiger partial charge in [0, 0.05) is 26.6 Å². The van der Waals surface area contributed by atoms with Gasteiger partial charge in [-0.25, -0.2) is 4.98 Å². The Morgan fingerprint density at radius 3 is 2.81 bits per heavy atom. The second kappa shape index (κ2) is 6.60. The van der Waals surface area contributed by atoms with Gasteiger partial charge in [0.05, 0.1) is 6.10 Å². The molecule has 1 aromatic heterocycles. The molecule has 16 heavy (non-hydrogen) atoms. The second-order valence-electron chi connectivity index (χ2n) is 4.01. The van der Waals surface area contributed by atoms with E-state index in [1.54, 1.807) is 13.4 Å². The average Bonchev–Trinajstić information content (AvgIpc) is 2.69. The molecule has 0 bridgehead atoms. The Kier molecular flexibility index (Phi) is 5.42. The van der Waals surface area contributed by atoms with Crippen molar-refractivity contribution in [3.05, 3.63) is 12.2 Å². The maximum atomic E-state index is 5.38. The summed E-state index contributed by atoms with van der Waals surface area (Å²) in [4.78, 5) is 4.24. The highest BCUT2D eigenvalue weighted by atomic mass is 16.5. The van der Waals surface area contributed by atoms with E-state index in [-0.39, 0.29) is 12.1 Å². The number of methoxy groups -OCH3 is 1. The molecule has 0 amide bonds. The molecule has 0 aliphatic carbocycles. The number of nitrogens with one attached hydrogen (secondary N) is 1. The van der Waals surface area contributed by atoms with Crippen LogP contribution in [-0.2, 0) is 18.2 Å². The van der Waals surface area contributed by atoms with Crippen LogP contribution in [0.2, 0.25) is 0 Å². The highest BCUT2D eigenvalue weighted by Gasteiger charge is 2.18. The molecule has 0 aliphatic heterocycles. The van der Waals surface area contributed by atoms with Crippen LogP contribution in [0.1, 0.15) is 26.1 Å². The van der Waals surface area contributed by atoms with Crippen LogP contribution in [0.5, 0.6) is 0 Å². The van der Waals surface area contributed by atoms with E-state index in [1.807, 2.05) is 11.7 Å². The predicted molar refractivity (Wildman–Crippen MR) is 63.3 cm³/mol. The Hall–Kier alpha value is -0.940.